The summed E-state index contributed by atoms with van der Waals surface area (Å²) in [5.74, 6) is 0. The average molecular weight is 304 g/mol. The van der Waals surface area contributed by atoms with Crippen LogP contribution in [0, 0.1) is 0 Å². The van der Waals surface area contributed by atoms with Crippen LogP contribution in [0.2, 0.25) is 0 Å². The minimum atomic E-state index is -10.6. The Morgan fingerprint density at radius 1 is 0.900 bits per heavy atom. The van der Waals surface area contributed by atoms with Crippen LogP contribution in [0.15, 0.2) is 0 Å². The maximum absolute atomic E-state index is 11.2. The predicted molar refractivity (Wildman–Crippen MR) is 32.1 cm³/mol. The molecule has 0 unspecified atom stereocenters. The summed E-state index contributed by atoms with van der Waals surface area (Å²) in [6, 6.07) is 0. The zero-order chi connectivity index (χ0) is 8.91. The lowest BCUT2D eigenvalue weighted by atomic mass is 11.7. The number of hydrogen-bond acceptors (Lipinski definition) is 0. The van der Waals surface area contributed by atoms with Gasteiger partial charge < -0.3 is 0 Å². The summed E-state index contributed by atoms with van der Waals surface area (Å²) >= 11 is -0.639. The standard InChI is InChI=1S/CF7IS/c2-1(3,9)10(4,5,6,7)8. The van der Waals surface area contributed by atoms with Crippen LogP contribution in [0.3, 0.4) is 0 Å². The van der Waals surface area contributed by atoms with Crippen molar-refractivity contribution in [3.63, 3.8) is 0 Å². The summed E-state index contributed by atoms with van der Waals surface area (Å²) in [6.45, 7) is 0. The fourth-order valence-corrected chi connectivity index (χ4v) is 0. The molecule has 0 amide bonds. The number of hydrogen-bond donors (Lipinski definition) is 0. The van der Waals surface area contributed by atoms with E-state index in [1.54, 1.807) is 0 Å². The third-order valence-electron chi connectivity index (χ3n) is 0.437. The molecule has 9 heteroatoms. The second-order valence-corrected chi connectivity index (χ2v) is 5.95. The Balaban J connectivity index is 5.14. The van der Waals surface area contributed by atoms with Gasteiger partial charge >= 0.3 is 13.5 Å². The van der Waals surface area contributed by atoms with Gasteiger partial charge in [-0.15, -0.1) is 0 Å². The Bertz CT molecular complexity index is 144. The lowest BCUT2D eigenvalue weighted by molar-refractivity contribution is 0.144. The largest absolute Gasteiger partial charge is 0.429 e. The molecule has 0 spiro atoms. The van der Waals surface area contributed by atoms with Crippen LogP contribution in [0.1, 0.15) is 0 Å². The van der Waals surface area contributed by atoms with Gasteiger partial charge in [-0.2, -0.15) is 8.78 Å². The molecule has 0 N–H and O–H groups in total. The predicted octanol–water partition coefficient (Wildman–Crippen LogP) is 4.27. The highest BCUT2D eigenvalue weighted by Gasteiger charge is 2.82. The molecule has 0 saturated heterocycles. The minimum absolute atomic E-state index is 0.639. The van der Waals surface area contributed by atoms with Crippen LogP contribution in [-0.2, 0) is 0 Å². The van der Waals surface area contributed by atoms with E-state index >= 15 is 0 Å². The molecule has 0 aliphatic carbocycles. The number of rotatable bonds is 1. The van der Waals surface area contributed by atoms with Crippen molar-refractivity contribution in [3.8, 4) is 0 Å². The molecule has 0 nitrogen and oxygen atoms in total. The van der Waals surface area contributed by atoms with Gasteiger partial charge in [0.2, 0.25) is 0 Å². The Labute approximate surface area is 64.6 Å². The molecule has 0 heterocycles. The summed E-state index contributed by atoms with van der Waals surface area (Å²) in [7, 11) is -10.6. The third kappa shape index (κ3) is 2.04. The van der Waals surface area contributed by atoms with Gasteiger partial charge in [0, 0.05) is 22.6 Å². The van der Waals surface area contributed by atoms with Crippen LogP contribution in [0.5, 0.6) is 0 Å². The van der Waals surface area contributed by atoms with Crippen molar-refractivity contribution in [2.45, 2.75) is 3.26 Å². The molecule has 0 bridgehead atoms. The highest BCUT2D eigenvalue weighted by atomic mass is 127. The first-order valence-corrected chi connectivity index (χ1v) is 4.57. The molecule has 0 saturated carbocycles. The van der Waals surface area contributed by atoms with E-state index < -0.39 is 36.1 Å². The van der Waals surface area contributed by atoms with Crippen molar-refractivity contribution in [1.29, 1.82) is 0 Å². The minimum Gasteiger partial charge on any atom is -0.173 e. The molecule has 66 valence electrons. The maximum atomic E-state index is 11.2. The van der Waals surface area contributed by atoms with Gasteiger partial charge in [0.25, 0.3) is 0 Å². The molecule has 0 aromatic carbocycles. The average Bonchev–Trinajstić information content (AvgIpc) is 1.16. The molecule has 0 aliphatic heterocycles. The van der Waals surface area contributed by atoms with Crippen LogP contribution in [0.4, 0.5) is 28.2 Å². The Morgan fingerprint density at radius 2 is 1.00 bits per heavy atom. The quantitative estimate of drug-likeness (QED) is 0.385. The second kappa shape index (κ2) is 1.52. The molecule has 0 radical (unpaired) electrons. The molecule has 10 heavy (non-hydrogen) atoms. The molecule has 0 aromatic rings. The summed E-state index contributed by atoms with van der Waals surface area (Å²) in [5, 5.41) is 0. The summed E-state index contributed by atoms with van der Waals surface area (Å²) < 4.78 is 71.2. The molecule has 0 aromatic heterocycles. The van der Waals surface area contributed by atoms with E-state index in [0.717, 1.165) is 0 Å². The van der Waals surface area contributed by atoms with Gasteiger partial charge in [-0.05, 0) is 0 Å². The number of halogens is 8. The second-order valence-electron chi connectivity index (χ2n) is 1.41. The van der Waals surface area contributed by atoms with Crippen LogP contribution < -0.4 is 0 Å². The van der Waals surface area contributed by atoms with Crippen molar-refractivity contribution in [2.24, 2.45) is 0 Å². The normalized spacial score (nSPS) is 21.6. The Morgan fingerprint density at radius 3 is 1.00 bits per heavy atom. The van der Waals surface area contributed by atoms with Gasteiger partial charge in [-0.1, -0.05) is 19.4 Å². The molecule has 0 aliphatic rings. The van der Waals surface area contributed by atoms with Gasteiger partial charge in [-0.3, -0.25) is 0 Å². The van der Waals surface area contributed by atoms with E-state index in [0.29, 0.717) is 0 Å². The Hall–Kier alpha value is 0.590. The highest BCUT2D eigenvalue weighted by Crippen LogP contribution is 3.05. The molecular weight excluding hydrogens is 304 g/mol. The molecule has 0 atom stereocenters. The highest BCUT2D eigenvalue weighted by molar-refractivity contribution is 14.1. The van der Waals surface area contributed by atoms with Gasteiger partial charge in [0.1, 0.15) is 0 Å². The first-order valence-electron chi connectivity index (χ1n) is 1.54. The van der Waals surface area contributed by atoms with E-state index in [9.17, 15) is 28.2 Å². The van der Waals surface area contributed by atoms with E-state index in [1.165, 1.54) is 0 Å². The van der Waals surface area contributed by atoms with E-state index in [2.05, 4.69) is 0 Å². The topological polar surface area (TPSA) is 0 Å². The van der Waals surface area contributed by atoms with Crippen LogP contribution in [0.25, 0.3) is 0 Å². The molecule has 0 rings (SSSR count). The van der Waals surface area contributed by atoms with Crippen molar-refractivity contribution >= 4 is 32.8 Å². The first-order chi connectivity index (χ1) is 3.75. The molecule has 0 fully saturated rings. The Kier molecular flexibility index (Phi) is 1.61. The van der Waals surface area contributed by atoms with Crippen molar-refractivity contribution in [1.82, 2.24) is 0 Å². The maximum Gasteiger partial charge on any atom is 0.429 e. The smallest absolute Gasteiger partial charge is 0.173 e. The summed E-state index contributed by atoms with van der Waals surface area (Å²) in [5.41, 5.74) is 0. The first kappa shape index (κ1) is 10.6. The summed E-state index contributed by atoms with van der Waals surface area (Å²) in [6.07, 6.45) is 0. The van der Waals surface area contributed by atoms with Crippen molar-refractivity contribution in [3.05, 3.63) is 0 Å². The van der Waals surface area contributed by atoms with E-state index in [-0.39, 0.29) is 0 Å². The van der Waals surface area contributed by atoms with E-state index in [1.807, 2.05) is 0 Å². The zero-order valence-electron chi connectivity index (χ0n) is 3.93. The zero-order valence-corrected chi connectivity index (χ0v) is 6.91. The lowest BCUT2D eigenvalue weighted by Crippen LogP contribution is -2.25. The van der Waals surface area contributed by atoms with Crippen molar-refractivity contribution < 1.29 is 28.2 Å². The lowest BCUT2D eigenvalue weighted by Gasteiger charge is -2.43. The van der Waals surface area contributed by atoms with Gasteiger partial charge in [0.15, 0.2) is 0 Å². The van der Waals surface area contributed by atoms with E-state index in [4.69, 9.17) is 0 Å². The third-order valence-corrected chi connectivity index (χ3v) is 3.81. The summed E-state index contributed by atoms with van der Waals surface area (Å²) in [4.78, 5) is 0. The van der Waals surface area contributed by atoms with Gasteiger partial charge in [0.05, 0.1) is 0 Å². The van der Waals surface area contributed by atoms with Crippen molar-refractivity contribution in [2.75, 3.05) is 0 Å². The SMILES string of the molecule is FC(F)(I)S(F)(F)(F)(F)F. The fourth-order valence-electron chi connectivity index (χ4n) is 0. The fraction of sp³-hybridized carbons (Fsp3) is 1.00. The molecular formula is CF7IS. The van der Waals surface area contributed by atoms with Crippen LogP contribution in [-0.4, -0.2) is 3.26 Å². The number of alkyl halides is 3. The van der Waals surface area contributed by atoms with Crippen LogP contribution >= 0.6 is 32.8 Å². The van der Waals surface area contributed by atoms with Gasteiger partial charge in [-0.25, -0.2) is 0 Å². The monoisotopic (exact) mass is 304 g/mol.